The number of guanidine groups is 1. The first kappa shape index (κ1) is 14.5. The summed E-state index contributed by atoms with van der Waals surface area (Å²) >= 11 is 0. The van der Waals surface area contributed by atoms with Crippen LogP contribution in [0.15, 0.2) is 23.3 Å². The highest BCUT2D eigenvalue weighted by Gasteiger charge is 2.07. The van der Waals surface area contributed by atoms with Crippen LogP contribution in [0.5, 0.6) is 0 Å². The Morgan fingerprint density at radius 3 is 2.89 bits per heavy atom. The minimum Gasteiger partial charge on any atom is -0.357 e. The normalized spacial score (nSPS) is 11.7. The summed E-state index contributed by atoms with van der Waals surface area (Å²) in [5.41, 5.74) is 1.22. The molecule has 1 aromatic heterocycles. The van der Waals surface area contributed by atoms with Gasteiger partial charge in [-0.25, -0.2) is 0 Å². The minimum absolute atomic E-state index is 0.315. The van der Waals surface area contributed by atoms with Gasteiger partial charge in [0.25, 0.3) is 0 Å². The van der Waals surface area contributed by atoms with E-state index in [1.54, 1.807) is 0 Å². The van der Waals surface area contributed by atoms with Gasteiger partial charge in [-0.1, -0.05) is 0 Å². The molecule has 1 heterocycles. The second-order valence-corrected chi connectivity index (χ2v) is 4.24. The first-order valence-electron chi connectivity index (χ1n) is 6.34. The molecular weight excluding hydrogens is 231 g/mol. The molecule has 0 radical (unpaired) electrons. The molecule has 1 N–H and O–H groups in total. The van der Waals surface area contributed by atoms with Crippen molar-refractivity contribution in [3.63, 3.8) is 0 Å². The van der Waals surface area contributed by atoms with E-state index in [-0.39, 0.29) is 6.67 Å². The quantitative estimate of drug-likeness (QED) is 0.477. The van der Waals surface area contributed by atoms with Gasteiger partial charge in [0.1, 0.15) is 0 Å². The Balaban J connectivity index is 2.61. The van der Waals surface area contributed by atoms with Gasteiger partial charge in [0, 0.05) is 39.1 Å². The van der Waals surface area contributed by atoms with Gasteiger partial charge in [-0.15, -0.1) is 0 Å². The lowest BCUT2D eigenvalue weighted by atomic mass is 10.4. The lowest BCUT2D eigenvalue weighted by molar-refractivity contribution is 0.454. The van der Waals surface area contributed by atoms with E-state index < -0.39 is 0 Å². The van der Waals surface area contributed by atoms with Crippen LogP contribution in [-0.2, 0) is 13.6 Å². The van der Waals surface area contributed by atoms with Crippen LogP contribution < -0.4 is 5.32 Å². The molecule has 0 fully saturated rings. The maximum absolute atomic E-state index is 12.1. The van der Waals surface area contributed by atoms with Crippen LogP contribution in [-0.4, -0.2) is 42.2 Å². The average Bonchev–Trinajstić information content (AvgIpc) is 2.74. The SMILES string of the molecule is CCNC(=NCCCF)N(C)Cc1cccn1C. The number of nitrogens with zero attached hydrogens (tertiary/aromatic N) is 3. The van der Waals surface area contributed by atoms with E-state index in [0.717, 1.165) is 19.0 Å². The standard InChI is InChI=1S/C13H23FN4/c1-4-15-13(16-9-6-8-14)18(3)11-12-7-5-10-17(12)2/h5,7,10H,4,6,8-9,11H2,1-3H3,(H,15,16). The molecule has 0 saturated heterocycles. The predicted octanol–water partition coefficient (Wildman–Crippen LogP) is 1.78. The molecule has 0 saturated carbocycles. The summed E-state index contributed by atoms with van der Waals surface area (Å²) in [5, 5.41) is 3.22. The molecular formula is C13H23FN4. The van der Waals surface area contributed by atoms with Crippen LogP contribution in [0, 0.1) is 0 Å². The van der Waals surface area contributed by atoms with E-state index >= 15 is 0 Å². The second kappa shape index (κ2) is 7.74. The van der Waals surface area contributed by atoms with Crippen LogP contribution in [0.3, 0.4) is 0 Å². The molecule has 0 bridgehead atoms. The average molecular weight is 254 g/mol. The topological polar surface area (TPSA) is 32.6 Å². The number of aliphatic imine (C=N–C) groups is 1. The van der Waals surface area contributed by atoms with E-state index in [2.05, 4.69) is 25.8 Å². The number of nitrogens with one attached hydrogen (secondary N) is 1. The zero-order valence-electron chi connectivity index (χ0n) is 11.5. The van der Waals surface area contributed by atoms with E-state index in [4.69, 9.17) is 0 Å². The molecule has 1 rings (SSSR count). The number of hydrogen-bond donors (Lipinski definition) is 1. The van der Waals surface area contributed by atoms with Crippen molar-refractivity contribution in [2.45, 2.75) is 19.9 Å². The van der Waals surface area contributed by atoms with Gasteiger partial charge >= 0.3 is 0 Å². The molecule has 102 valence electrons. The Labute approximate surface area is 109 Å². The van der Waals surface area contributed by atoms with Crippen molar-refractivity contribution >= 4 is 5.96 Å². The fourth-order valence-electron chi connectivity index (χ4n) is 1.69. The van der Waals surface area contributed by atoms with Gasteiger partial charge in [-0.3, -0.25) is 9.38 Å². The lowest BCUT2D eigenvalue weighted by Gasteiger charge is -2.22. The Morgan fingerprint density at radius 2 is 2.33 bits per heavy atom. The van der Waals surface area contributed by atoms with Crippen LogP contribution in [0.25, 0.3) is 0 Å². The van der Waals surface area contributed by atoms with E-state index in [1.165, 1.54) is 5.69 Å². The van der Waals surface area contributed by atoms with Crippen LogP contribution in [0.1, 0.15) is 19.0 Å². The van der Waals surface area contributed by atoms with E-state index in [1.807, 2.05) is 33.3 Å². The largest absolute Gasteiger partial charge is 0.357 e. The smallest absolute Gasteiger partial charge is 0.194 e. The summed E-state index contributed by atoms with van der Waals surface area (Å²) in [6.07, 6.45) is 2.50. The highest BCUT2D eigenvalue weighted by Crippen LogP contribution is 2.03. The van der Waals surface area contributed by atoms with Crippen molar-refractivity contribution in [2.75, 3.05) is 26.8 Å². The molecule has 0 spiro atoms. The Morgan fingerprint density at radius 1 is 1.56 bits per heavy atom. The third kappa shape index (κ3) is 4.39. The van der Waals surface area contributed by atoms with Crippen molar-refractivity contribution in [3.8, 4) is 0 Å². The fourth-order valence-corrected chi connectivity index (χ4v) is 1.69. The molecule has 0 aliphatic heterocycles. The molecule has 0 aromatic carbocycles. The van der Waals surface area contributed by atoms with Crippen LogP contribution >= 0.6 is 0 Å². The Kier molecular flexibility index (Phi) is 6.25. The van der Waals surface area contributed by atoms with Crippen molar-refractivity contribution < 1.29 is 4.39 Å². The van der Waals surface area contributed by atoms with Gasteiger partial charge < -0.3 is 14.8 Å². The zero-order valence-corrected chi connectivity index (χ0v) is 11.5. The predicted molar refractivity (Wildman–Crippen MR) is 73.5 cm³/mol. The number of hydrogen-bond acceptors (Lipinski definition) is 1. The lowest BCUT2D eigenvalue weighted by Crippen LogP contribution is -2.38. The molecule has 1 aromatic rings. The highest BCUT2D eigenvalue weighted by molar-refractivity contribution is 5.79. The molecule has 0 aliphatic rings. The van der Waals surface area contributed by atoms with Gasteiger partial charge in [0.05, 0.1) is 13.2 Å². The van der Waals surface area contributed by atoms with Gasteiger partial charge in [0.2, 0.25) is 0 Å². The Hall–Kier alpha value is -1.52. The second-order valence-electron chi connectivity index (χ2n) is 4.24. The summed E-state index contributed by atoms with van der Waals surface area (Å²) in [7, 11) is 4.01. The third-order valence-electron chi connectivity index (χ3n) is 2.70. The maximum Gasteiger partial charge on any atom is 0.194 e. The first-order valence-corrected chi connectivity index (χ1v) is 6.34. The summed E-state index contributed by atoms with van der Waals surface area (Å²) in [4.78, 5) is 6.45. The highest BCUT2D eigenvalue weighted by atomic mass is 19.1. The monoisotopic (exact) mass is 254 g/mol. The van der Waals surface area contributed by atoms with Crippen molar-refractivity contribution in [1.29, 1.82) is 0 Å². The van der Waals surface area contributed by atoms with Gasteiger partial charge in [0.15, 0.2) is 5.96 Å². The molecule has 0 aliphatic carbocycles. The summed E-state index contributed by atoms with van der Waals surface area (Å²) in [6, 6.07) is 4.11. The van der Waals surface area contributed by atoms with Crippen molar-refractivity contribution in [2.24, 2.45) is 12.0 Å². The third-order valence-corrected chi connectivity index (χ3v) is 2.70. The van der Waals surface area contributed by atoms with Crippen LogP contribution in [0.2, 0.25) is 0 Å². The zero-order chi connectivity index (χ0) is 13.4. The molecule has 0 atom stereocenters. The molecule has 5 heteroatoms. The number of halogens is 1. The maximum atomic E-state index is 12.1. The first-order chi connectivity index (χ1) is 8.69. The Bertz CT molecular complexity index is 373. The fraction of sp³-hybridized carbons (Fsp3) is 0.615. The van der Waals surface area contributed by atoms with Crippen molar-refractivity contribution in [3.05, 3.63) is 24.0 Å². The summed E-state index contributed by atoms with van der Waals surface area (Å²) in [5.74, 6) is 0.826. The number of aromatic nitrogens is 1. The number of rotatable bonds is 6. The summed E-state index contributed by atoms with van der Waals surface area (Å²) in [6.45, 7) is 3.83. The van der Waals surface area contributed by atoms with Crippen molar-refractivity contribution in [1.82, 2.24) is 14.8 Å². The van der Waals surface area contributed by atoms with Crippen LogP contribution in [0.4, 0.5) is 4.39 Å². The molecule has 4 nitrogen and oxygen atoms in total. The molecule has 0 unspecified atom stereocenters. The minimum atomic E-state index is -0.315. The molecule has 0 amide bonds. The number of alkyl halides is 1. The molecule has 18 heavy (non-hydrogen) atoms. The number of aryl methyl sites for hydroxylation is 1. The van der Waals surface area contributed by atoms with Gasteiger partial charge in [-0.2, -0.15) is 0 Å². The van der Waals surface area contributed by atoms with E-state index in [0.29, 0.717) is 13.0 Å². The van der Waals surface area contributed by atoms with E-state index in [9.17, 15) is 4.39 Å². The summed E-state index contributed by atoms with van der Waals surface area (Å²) < 4.78 is 14.2. The van der Waals surface area contributed by atoms with Gasteiger partial charge in [-0.05, 0) is 25.5 Å².